The molecule has 0 amide bonds. The Balaban J connectivity index is 2.51. The van der Waals surface area contributed by atoms with Gasteiger partial charge in [-0.05, 0) is 34.9 Å². The summed E-state index contributed by atoms with van der Waals surface area (Å²) in [6.45, 7) is 2.09. The molecule has 0 unspecified atom stereocenters. The van der Waals surface area contributed by atoms with Crippen LogP contribution in [0.5, 0.6) is 0 Å². The number of rotatable bonds is 2. The van der Waals surface area contributed by atoms with Crippen LogP contribution < -0.4 is 0 Å². The molecule has 0 nitrogen and oxygen atoms in total. The zero-order valence-corrected chi connectivity index (χ0v) is 9.46. The first-order chi connectivity index (χ1) is 7.31. The molecule has 76 valence electrons. The third kappa shape index (κ3) is 2.21. The molecule has 0 aliphatic heterocycles. The van der Waals surface area contributed by atoms with Gasteiger partial charge in [0.05, 0.1) is 0 Å². The minimum atomic E-state index is 0.568. The van der Waals surface area contributed by atoms with Crippen molar-refractivity contribution in [2.24, 2.45) is 0 Å². The number of fused-ring (bicyclic) bond motifs is 1. The van der Waals surface area contributed by atoms with Crippen molar-refractivity contribution in [3.63, 3.8) is 0 Å². The maximum atomic E-state index is 5.69. The fourth-order valence-corrected chi connectivity index (χ4v) is 1.90. The van der Waals surface area contributed by atoms with Crippen molar-refractivity contribution >= 4 is 27.9 Å². The lowest BCUT2D eigenvalue weighted by Gasteiger charge is -2.03. The van der Waals surface area contributed by atoms with Gasteiger partial charge in [-0.15, -0.1) is 11.6 Å². The molecule has 15 heavy (non-hydrogen) atoms. The van der Waals surface area contributed by atoms with Gasteiger partial charge < -0.3 is 0 Å². The first-order valence-corrected chi connectivity index (χ1v) is 5.56. The molecule has 0 bridgehead atoms. The molecule has 2 aromatic rings. The van der Waals surface area contributed by atoms with Crippen LogP contribution in [0.15, 0.2) is 48.5 Å². The van der Waals surface area contributed by atoms with Crippen LogP contribution in [-0.2, 0) is 0 Å². The van der Waals surface area contributed by atoms with Gasteiger partial charge >= 0.3 is 0 Å². The van der Waals surface area contributed by atoms with E-state index in [9.17, 15) is 0 Å². The van der Waals surface area contributed by atoms with E-state index in [0.29, 0.717) is 5.88 Å². The molecule has 0 aromatic heterocycles. The van der Waals surface area contributed by atoms with Gasteiger partial charge in [0.2, 0.25) is 0 Å². The molecule has 1 heteroatoms. The van der Waals surface area contributed by atoms with Crippen molar-refractivity contribution in [3.05, 3.63) is 54.1 Å². The highest BCUT2D eigenvalue weighted by atomic mass is 35.5. The highest BCUT2D eigenvalue weighted by molar-refractivity contribution is 6.19. The Morgan fingerprint density at radius 2 is 1.87 bits per heavy atom. The number of alkyl halides is 1. The summed E-state index contributed by atoms with van der Waals surface area (Å²) in [5, 5.41) is 2.55. The molecule has 0 atom stereocenters. The lowest BCUT2D eigenvalue weighted by Crippen LogP contribution is -1.81. The van der Waals surface area contributed by atoms with Crippen molar-refractivity contribution in [3.8, 4) is 0 Å². The van der Waals surface area contributed by atoms with Gasteiger partial charge in [-0.2, -0.15) is 0 Å². The molecule has 0 saturated carbocycles. The van der Waals surface area contributed by atoms with Gasteiger partial charge in [0.1, 0.15) is 0 Å². The summed E-state index contributed by atoms with van der Waals surface area (Å²) >= 11 is 5.69. The van der Waals surface area contributed by atoms with E-state index in [0.717, 1.165) is 0 Å². The molecule has 0 aliphatic carbocycles. The summed E-state index contributed by atoms with van der Waals surface area (Å²) in [7, 11) is 0. The molecule has 0 heterocycles. The molecule has 2 rings (SSSR count). The fourth-order valence-electron chi connectivity index (χ4n) is 1.67. The second-order valence-corrected chi connectivity index (χ2v) is 3.91. The van der Waals surface area contributed by atoms with E-state index < -0.39 is 0 Å². The van der Waals surface area contributed by atoms with Gasteiger partial charge in [-0.1, -0.05) is 42.5 Å². The van der Waals surface area contributed by atoms with E-state index in [1.165, 1.54) is 21.9 Å². The van der Waals surface area contributed by atoms with Gasteiger partial charge in [0.25, 0.3) is 0 Å². The molecule has 0 saturated heterocycles. The Kier molecular flexibility index (Phi) is 3.08. The van der Waals surface area contributed by atoms with Gasteiger partial charge in [0.15, 0.2) is 0 Å². The number of hydrogen-bond acceptors (Lipinski definition) is 0. The number of hydrogen-bond donors (Lipinski definition) is 0. The molecule has 0 aliphatic rings. The third-order valence-corrected chi connectivity index (χ3v) is 2.74. The van der Waals surface area contributed by atoms with E-state index >= 15 is 0 Å². The summed E-state index contributed by atoms with van der Waals surface area (Å²) in [6, 6.07) is 14.9. The van der Waals surface area contributed by atoms with Gasteiger partial charge in [-0.3, -0.25) is 0 Å². The fraction of sp³-hybridized carbons (Fsp3) is 0.143. The van der Waals surface area contributed by atoms with E-state index in [1.807, 2.05) is 6.08 Å². The van der Waals surface area contributed by atoms with Crippen LogP contribution in [0.25, 0.3) is 16.3 Å². The Hall–Kier alpha value is -1.27. The number of allylic oxidation sites excluding steroid dienone is 2. The summed E-state index contributed by atoms with van der Waals surface area (Å²) in [5.74, 6) is 0.568. The summed E-state index contributed by atoms with van der Waals surface area (Å²) in [4.78, 5) is 0. The highest BCUT2D eigenvalue weighted by Crippen LogP contribution is 2.20. The molecule has 0 fully saturated rings. The quantitative estimate of drug-likeness (QED) is 0.650. The van der Waals surface area contributed by atoms with Crippen molar-refractivity contribution in [1.29, 1.82) is 0 Å². The van der Waals surface area contributed by atoms with Crippen LogP contribution in [0.2, 0.25) is 0 Å². The SMILES string of the molecule is CC(=CCCl)c1ccc2ccccc2c1. The van der Waals surface area contributed by atoms with Crippen LogP contribution >= 0.6 is 11.6 Å². The first kappa shape index (κ1) is 10.3. The Morgan fingerprint density at radius 3 is 2.60 bits per heavy atom. The van der Waals surface area contributed by atoms with Gasteiger partial charge in [0, 0.05) is 5.88 Å². The second-order valence-electron chi connectivity index (χ2n) is 3.60. The molecule has 0 spiro atoms. The van der Waals surface area contributed by atoms with Crippen LogP contribution in [0.4, 0.5) is 0 Å². The minimum Gasteiger partial charge on any atom is -0.122 e. The Labute approximate surface area is 95.2 Å². The summed E-state index contributed by atoms with van der Waals surface area (Å²) < 4.78 is 0. The van der Waals surface area contributed by atoms with Crippen LogP contribution in [-0.4, -0.2) is 5.88 Å². The van der Waals surface area contributed by atoms with E-state index in [-0.39, 0.29) is 0 Å². The van der Waals surface area contributed by atoms with Crippen LogP contribution in [0, 0.1) is 0 Å². The predicted molar refractivity (Wildman–Crippen MR) is 68.3 cm³/mol. The largest absolute Gasteiger partial charge is 0.122 e. The Bertz CT molecular complexity index is 497. The summed E-state index contributed by atoms with van der Waals surface area (Å²) in [6.07, 6.45) is 2.03. The third-order valence-electron chi connectivity index (χ3n) is 2.59. The maximum Gasteiger partial charge on any atom is 0.0409 e. The van der Waals surface area contributed by atoms with Crippen LogP contribution in [0.3, 0.4) is 0 Å². The smallest absolute Gasteiger partial charge is 0.0409 e. The average Bonchev–Trinajstić information content (AvgIpc) is 2.29. The lowest BCUT2D eigenvalue weighted by atomic mass is 10.0. The zero-order valence-electron chi connectivity index (χ0n) is 8.70. The van der Waals surface area contributed by atoms with E-state index in [4.69, 9.17) is 11.6 Å². The van der Waals surface area contributed by atoms with E-state index in [2.05, 4.69) is 49.4 Å². The number of benzene rings is 2. The zero-order chi connectivity index (χ0) is 10.7. The first-order valence-electron chi connectivity index (χ1n) is 5.03. The molecule has 0 N–H and O–H groups in total. The van der Waals surface area contributed by atoms with Crippen LogP contribution in [0.1, 0.15) is 12.5 Å². The second kappa shape index (κ2) is 4.50. The monoisotopic (exact) mass is 216 g/mol. The normalized spacial score (nSPS) is 12.0. The standard InChI is InChI=1S/C14H13Cl/c1-11(8-9-15)13-7-6-12-4-2-3-5-14(12)10-13/h2-8,10H,9H2,1H3. The average molecular weight is 217 g/mol. The maximum absolute atomic E-state index is 5.69. The highest BCUT2D eigenvalue weighted by Gasteiger charge is 1.97. The predicted octanol–water partition coefficient (Wildman–Crippen LogP) is 4.48. The van der Waals surface area contributed by atoms with Crippen molar-refractivity contribution in [1.82, 2.24) is 0 Å². The van der Waals surface area contributed by atoms with Crippen molar-refractivity contribution in [2.45, 2.75) is 6.92 Å². The van der Waals surface area contributed by atoms with E-state index in [1.54, 1.807) is 0 Å². The molecule has 0 radical (unpaired) electrons. The minimum absolute atomic E-state index is 0.568. The summed E-state index contributed by atoms with van der Waals surface area (Å²) in [5.41, 5.74) is 2.48. The lowest BCUT2D eigenvalue weighted by molar-refractivity contribution is 1.57. The molecular weight excluding hydrogens is 204 g/mol. The van der Waals surface area contributed by atoms with Gasteiger partial charge in [-0.25, -0.2) is 0 Å². The van der Waals surface area contributed by atoms with Crippen molar-refractivity contribution < 1.29 is 0 Å². The topological polar surface area (TPSA) is 0 Å². The molecular formula is C14H13Cl. The molecule has 2 aromatic carbocycles. The number of halogens is 1. The van der Waals surface area contributed by atoms with Crippen molar-refractivity contribution in [2.75, 3.05) is 5.88 Å². The Morgan fingerprint density at radius 1 is 1.13 bits per heavy atom.